The van der Waals surface area contributed by atoms with Crippen LogP contribution in [0.1, 0.15) is 13.8 Å². The Morgan fingerprint density at radius 1 is 1.30 bits per heavy atom. The molecule has 4 heteroatoms. The lowest BCUT2D eigenvalue weighted by Gasteiger charge is -2.27. The molecule has 0 atom stereocenters. The van der Waals surface area contributed by atoms with E-state index in [0.717, 1.165) is 35.4 Å². The van der Waals surface area contributed by atoms with Crippen LogP contribution in [0.2, 0.25) is 0 Å². The van der Waals surface area contributed by atoms with Crippen molar-refractivity contribution in [2.24, 2.45) is 5.92 Å². The lowest BCUT2D eigenvalue weighted by Crippen LogP contribution is -2.31. The van der Waals surface area contributed by atoms with Crippen LogP contribution in [0.5, 0.6) is 0 Å². The van der Waals surface area contributed by atoms with Crippen molar-refractivity contribution in [1.29, 1.82) is 0 Å². The Bertz CT molecular complexity index is 569. The average Bonchev–Trinajstić information content (AvgIpc) is 2.44. The van der Waals surface area contributed by atoms with Gasteiger partial charge in [-0.15, -0.1) is 0 Å². The molecule has 4 nitrogen and oxygen atoms in total. The molecule has 0 aliphatic carbocycles. The van der Waals surface area contributed by atoms with Crippen molar-refractivity contribution in [2.45, 2.75) is 13.8 Å². The molecule has 108 valence electrons. The molecule has 2 N–H and O–H groups in total. The van der Waals surface area contributed by atoms with Crippen LogP contribution >= 0.6 is 0 Å². The Morgan fingerprint density at radius 3 is 2.80 bits per heavy atom. The summed E-state index contributed by atoms with van der Waals surface area (Å²) in [6.07, 6.45) is 1.81. The first-order chi connectivity index (χ1) is 9.63. The minimum atomic E-state index is 0.572. The molecule has 0 spiro atoms. The monoisotopic (exact) mass is 273 g/mol. The minimum absolute atomic E-state index is 0.572. The number of nitrogens with zero attached hydrogens (tertiary/aromatic N) is 2. The molecule has 0 radical (unpaired) electrons. The predicted octanol–water partition coefficient (Wildman–Crippen LogP) is 2.93. The number of ether oxygens (including phenoxy) is 1. The second kappa shape index (κ2) is 6.57. The van der Waals surface area contributed by atoms with Gasteiger partial charge in [-0.3, -0.25) is 4.98 Å². The Kier molecular flexibility index (Phi) is 4.79. The van der Waals surface area contributed by atoms with Crippen LogP contribution in [-0.2, 0) is 4.74 Å². The van der Waals surface area contributed by atoms with Crippen molar-refractivity contribution < 1.29 is 4.74 Å². The van der Waals surface area contributed by atoms with Gasteiger partial charge in [0.15, 0.2) is 0 Å². The zero-order valence-electron chi connectivity index (χ0n) is 12.5. The second-order valence-electron chi connectivity index (χ2n) is 5.41. The largest absolute Gasteiger partial charge is 0.398 e. The molecular formula is C16H23N3O. The molecule has 0 amide bonds. The zero-order valence-corrected chi connectivity index (χ0v) is 12.5. The van der Waals surface area contributed by atoms with E-state index < -0.39 is 0 Å². The highest BCUT2D eigenvalue weighted by Crippen LogP contribution is 2.29. The van der Waals surface area contributed by atoms with Gasteiger partial charge in [-0.25, -0.2) is 0 Å². The van der Waals surface area contributed by atoms with E-state index in [1.807, 2.05) is 24.4 Å². The fourth-order valence-electron chi connectivity index (χ4n) is 2.39. The summed E-state index contributed by atoms with van der Waals surface area (Å²) in [4.78, 5) is 6.84. The SMILES string of the molecule is COCCN(CC(C)C)c1ccc(N)c2cccnc12. The van der Waals surface area contributed by atoms with Gasteiger partial charge in [-0.1, -0.05) is 13.8 Å². The molecule has 0 bridgehead atoms. The third-order valence-electron chi connectivity index (χ3n) is 3.27. The Labute approximate surface area is 120 Å². The van der Waals surface area contributed by atoms with Crippen molar-refractivity contribution in [3.8, 4) is 0 Å². The fraction of sp³-hybridized carbons (Fsp3) is 0.438. The number of pyridine rings is 1. The molecule has 0 saturated heterocycles. The van der Waals surface area contributed by atoms with Crippen LogP contribution in [0.25, 0.3) is 10.9 Å². The molecule has 0 aliphatic heterocycles. The molecule has 20 heavy (non-hydrogen) atoms. The Morgan fingerprint density at radius 2 is 2.10 bits per heavy atom. The molecule has 1 heterocycles. The Balaban J connectivity index is 2.44. The summed E-state index contributed by atoms with van der Waals surface area (Å²) in [7, 11) is 1.73. The topological polar surface area (TPSA) is 51.4 Å². The first-order valence-electron chi connectivity index (χ1n) is 7.00. The van der Waals surface area contributed by atoms with Gasteiger partial charge in [0.05, 0.1) is 17.8 Å². The van der Waals surface area contributed by atoms with Crippen molar-refractivity contribution in [3.05, 3.63) is 30.5 Å². The lowest BCUT2D eigenvalue weighted by atomic mass is 10.1. The fourth-order valence-corrected chi connectivity index (χ4v) is 2.39. The smallest absolute Gasteiger partial charge is 0.0955 e. The maximum absolute atomic E-state index is 6.04. The summed E-state index contributed by atoms with van der Waals surface area (Å²) in [5, 5.41) is 1.01. The maximum atomic E-state index is 6.04. The first kappa shape index (κ1) is 14.6. The van der Waals surface area contributed by atoms with Gasteiger partial charge in [0.25, 0.3) is 0 Å². The molecule has 1 aromatic carbocycles. The van der Waals surface area contributed by atoms with E-state index in [2.05, 4.69) is 29.8 Å². The van der Waals surface area contributed by atoms with Gasteiger partial charge < -0.3 is 15.4 Å². The van der Waals surface area contributed by atoms with Crippen LogP contribution in [-0.4, -0.2) is 31.8 Å². The molecule has 2 aromatic rings. The van der Waals surface area contributed by atoms with E-state index in [1.54, 1.807) is 7.11 Å². The number of fused-ring (bicyclic) bond motifs is 1. The van der Waals surface area contributed by atoms with E-state index in [-0.39, 0.29) is 0 Å². The highest BCUT2D eigenvalue weighted by molar-refractivity contribution is 5.98. The van der Waals surface area contributed by atoms with E-state index in [0.29, 0.717) is 12.5 Å². The summed E-state index contributed by atoms with van der Waals surface area (Å²) in [5.41, 5.74) is 8.90. The van der Waals surface area contributed by atoms with E-state index in [4.69, 9.17) is 10.5 Å². The third-order valence-corrected chi connectivity index (χ3v) is 3.27. The number of hydrogen-bond acceptors (Lipinski definition) is 4. The summed E-state index contributed by atoms with van der Waals surface area (Å²) < 4.78 is 5.22. The summed E-state index contributed by atoms with van der Waals surface area (Å²) in [6.45, 7) is 6.95. The molecule has 0 saturated carbocycles. The van der Waals surface area contributed by atoms with Crippen molar-refractivity contribution >= 4 is 22.3 Å². The predicted molar refractivity (Wildman–Crippen MR) is 85.1 cm³/mol. The summed E-state index contributed by atoms with van der Waals surface area (Å²) in [5.74, 6) is 0.572. The van der Waals surface area contributed by atoms with Crippen LogP contribution in [0.3, 0.4) is 0 Å². The number of benzene rings is 1. The van der Waals surface area contributed by atoms with Gasteiger partial charge in [0, 0.05) is 37.5 Å². The second-order valence-corrected chi connectivity index (χ2v) is 5.41. The summed E-state index contributed by atoms with van der Waals surface area (Å²) >= 11 is 0. The molecule has 1 aromatic heterocycles. The number of rotatable bonds is 6. The molecule has 0 unspecified atom stereocenters. The number of methoxy groups -OCH3 is 1. The normalized spacial score (nSPS) is 11.2. The van der Waals surface area contributed by atoms with Crippen LogP contribution < -0.4 is 10.6 Å². The van der Waals surface area contributed by atoms with Crippen LogP contribution in [0, 0.1) is 5.92 Å². The van der Waals surface area contributed by atoms with Gasteiger partial charge in [0.1, 0.15) is 0 Å². The number of hydrogen-bond donors (Lipinski definition) is 1. The third kappa shape index (κ3) is 3.20. The number of nitrogens with two attached hydrogens (primary N) is 1. The van der Waals surface area contributed by atoms with Gasteiger partial charge in [-0.05, 0) is 30.2 Å². The molecule has 2 rings (SSSR count). The molecule has 0 fully saturated rings. The first-order valence-corrected chi connectivity index (χ1v) is 7.00. The van der Waals surface area contributed by atoms with Gasteiger partial charge in [0.2, 0.25) is 0 Å². The molecule has 0 aliphatic rings. The lowest BCUT2D eigenvalue weighted by molar-refractivity contribution is 0.204. The van der Waals surface area contributed by atoms with Crippen molar-refractivity contribution in [2.75, 3.05) is 37.4 Å². The van der Waals surface area contributed by atoms with Crippen LogP contribution in [0.4, 0.5) is 11.4 Å². The van der Waals surface area contributed by atoms with Crippen molar-refractivity contribution in [1.82, 2.24) is 4.98 Å². The number of aromatic nitrogens is 1. The maximum Gasteiger partial charge on any atom is 0.0955 e. The Hall–Kier alpha value is -1.81. The van der Waals surface area contributed by atoms with E-state index in [9.17, 15) is 0 Å². The summed E-state index contributed by atoms with van der Waals surface area (Å²) in [6, 6.07) is 7.96. The van der Waals surface area contributed by atoms with E-state index in [1.165, 1.54) is 0 Å². The van der Waals surface area contributed by atoms with Crippen molar-refractivity contribution in [3.63, 3.8) is 0 Å². The number of nitrogen functional groups attached to an aromatic ring is 1. The minimum Gasteiger partial charge on any atom is -0.398 e. The quantitative estimate of drug-likeness (QED) is 0.822. The number of anilines is 2. The molecular weight excluding hydrogens is 250 g/mol. The standard InChI is InChI=1S/C16H23N3O/c1-12(2)11-19(9-10-20-3)15-7-6-14(17)13-5-4-8-18-16(13)15/h4-8,12H,9-11,17H2,1-3H3. The highest BCUT2D eigenvalue weighted by Gasteiger charge is 2.13. The van der Waals surface area contributed by atoms with E-state index >= 15 is 0 Å². The van der Waals surface area contributed by atoms with Gasteiger partial charge in [-0.2, -0.15) is 0 Å². The zero-order chi connectivity index (χ0) is 14.5. The average molecular weight is 273 g/mol. The highest BCUT2D eigenvalue weighted by atomic mass is 16.5. The van der Waals surface area contributed by atoms with Crippen LogP contribution in [0.15, 0.2) is 30.5 Å². The van der Waals surface area contributed by atoms with Gasteiger partial charge >= 0.3 is 0 Å².